The maximum absolute atomic E-state index is 13.8. The number of hydrogen-bond acceptors (Lipinski definition) is 7. The van der Waals surface area contributed by atoms with E-state index in [2.05, 4.69) is 10.6 Å². The third kappa shape index (κ3) is 15.0. The van der Waals surface area contributed by atoms with Crippen molar-refractivity contribution in [3.8, 4) is 0 Å². The molecule has 0 bridgehead atoms. The summed E-state index contributed by atoms with van der Waals surface area (Å²) < 4.78 is 27.3. The van der Waals surface area contributed by atoms with Gasteiger partial charge in [-0.05, 0) is 0 Å². The standard InChI is InChI=1S/C18H30F2N4O8/c1-12(25)21-10-13(19)6-8-23(31)16(27)3-2-15(26)22-11-14(20)7-9-24(32)17(28)4-5-18(29)30/h13-14,31-32H,2-11H2,1H3,(H,21,25)(H,22,26)(H,29,30). The molecule has 0 aromatic carbocycles. The van der Waals surface area contributed by atoms with Crippen LogP contribution >= 0.6 is 0 Å². The number of carbonyl (C=O) groups excluding carboxylic acids is 4. The van der Waals surface area contributed by atoms with E-state index in [9.17, 15) is 43.2 Å². The topological polar surface area (TPSA) is 177 Å². The molecule has 12 nitrogen and oxygen atoms in total. The number of carboxylic acids is 1. The zero-order valence-electron chi connectivity index (χ0n) is 17.8. The third-order valence-electron chi connectivity index (χ3n) is 4.10. The molecule has 0 radical (unpaired) electrons. The molecule has 14 heteroatoms. The second kappa shape index (κ2) is 15.9. The lowest BCUT2D eigenvalue weighted by Crippen LogP contribution is -2.36. The zero-order chi connectivity index (χ0) is 24.7. The Morgan fingerprint density at radius 1 is 0.781 bits per heavy atom. The van der Waals surface area contributed by atoms with Crippen LogP contribution in [0.25, 0.3) is 0 Å². The first kappa shape index (κ1) is 29.1. The summed E-state index contributed by atoms with van der Waals surface area (Å²) in [4.78, 5) is 55.9. The molecule has 32 heavy (non-hydrogen) atoms. The van der Waals surface area contributed by atoms with Gasteiger partial charge in [0.1, 0.15) is 12.3 Å². The highest BCUT2D eigenvalue weighted by atomic mass is 19.1. The number of nitrogens with one attached hydrogen (secondary N) is 2. The molecule has 0 spiro atoms. The minimum Gasteiger partial charge on any atom is -0.481 e. The van der Waals surface area contributed by atoms with Gasteiger partial charge in [0, 0.05) is 52.1 Å². The number of rotatable bonds is 16. The lowest BCUT2D eigenvalue weighted by atomic mass is 10.2. The predicted octanol–water partition coefficient (Wildman–Crippen LogP) is -0.224. The van der Waals surface area contributed by atoms with Crippen LogP contribution in [0, 0.1) is 0 Å². The van der Waals surface area contributed by atoms with Gasteiger partial charge in [-0.3, -0.25) is 34.4 Å². The SMILES string of the molecule is CC(=O)NCC(F)CCN(O)C(=O)CCC(=O)NCC(F)CCN(O)C(=O)CCC(=O)O. The van der Waals surface area contributed by atoms with Crippen molar-refractivity contribution < 1.29 is 48.3 Å². The van der Waals surface area contributed by atoms with Gasteiger partial charge in [-0.1, -0.05) is 0 Å². The number of aliphatic carboxylic acids is 1. The van der Waals surface area contributed by atoms with E-state index in [4.69, 9.17) is 5.11 Å². The van der Waals surface area contributed by atoms with Gasteiger partial charge in [-0.2, -0.15) is 0 Å². The fourth-order valence-electron chi connectivity index (χ4n) is 2.24. The summed E-state index contributed by atoms with van der Waals surface area (Å²) >= 11 is 0. The molecular weight excluding hydrogens is 438 g/mol. The molecule has 4 amide bonds. The van der Waals surface area contributed by atoms with Gasteiger partial charge >= 0.3 is 5.97 Å². The molecule has 0 aliphatic heterocycles. The maximum atomic E-state index is 13.8. The zero-order valence-corrected chi connectivity index (χ0v) is 17.8. The quantitative estimate of drug-likeness (QED) is 0.152. The van der Waals surface area contributed by atoms with Gasteiger partial charge < -0.3 is 15.7 Å². The molecule has 0 fully saturated rings. The molecule has 0 aromatic heterocycles. The molecule has 0 aliphatic rings. The summed E-state index contributed by atoms with van der Waals surface area (Å²) in [5.74, 6) is -4.01. The van der Waals surface area contributed by atoms with Crippen LogP contribution in [0.3, 0.4) is 0 Å². The van der Waals surface area contributed by atoms with E-state index in [0.29, 0.717) is 0 Å². The second-order valence-corrected chi connectivity index (χ2v) is 6.94. The molecular formula is C18H30F2N4O8. The number of hydrogen-bond donors (Lipinski definition) is 5. The minimum absolute atomic E-state index is 0.212. The highest BCUT2D eigenvalue weighted by molar-refractivity contribution is 5.83. The molecule has 5 N–H and O–H groups in total. The first-order valence-corrected chi connectivity index (χ1v) is 9.91. The highest BCUT2D eigenvalue weighted by Gasteiger charge is 2.18. The number of amides is 4. The van der Waals surface area contributed by atoms with Crippen molar-refractivity contribution in [2.75, 3.05) is 26.2 Å². The van der Waals surface area contributed by atoms with E-state index in [-0.39, 0.29) is 42.5 Å². The molecule has 0 aromatic rings. The van der Waals surface area contributed by atoms with Crippen LogP contribution in [0.15, 0.2) is 0 Å². The maximum Gasteiger partial charge on any atom is 0.303 e. The summed E-state index contributed by atoms with van der Waals surface area (Å²) in [6, 6.07) is 0. The van der Waals surface area contributed by atoms with E-state index in [1.165, 1.54) is 6.92 Å². The lowest BCUT2D eigenvalue weighted by molar-refractivity contribution is -0.167. The first-order valence-electron chi connectivity index (χ1n) is 9.91. The van der Waals surface area contributed by atoms with Crippen LogP contribution in [-0.4, -0.2) is 93.8 Å². The first-order chi connectivity index (χ1) is 14.9. The van der Waals surface area contributed by atoms with Gasteiger partial charge in [0.05, 0.1) is 19.5 Å². The summed E-state index contributed by atoms with van der Waals surface area (Å²) in [5, 5.41) is 32.4. The molecule has 2 atom stereocenters. The van der Waals surface area contributed by atoms with Crippen LogP contribution in [0.2, 0.25) is 0 Å². The Morgan fingerprint density at radius 2 is 1.22 bits per heavy atom. The van der Waals surface area contributed by atoms with E-state index in [1.54, 1.807) is 0 Å². The smallest absolute Gasteiger partial charge is 0.303 e. The van der Waals surface area contributed by atoms with Crippen molar-refractivity contribution >= 4 is 29.6 Å². The largest absolute Gasteiger partial charge is 0.481 e. The Morgan fingerprint density at radius 3 is 1.66 bits per heavy atom. The molecule has 0 saturated carbocycles. The van der Waals surface area contributed by atoms with Gasteiger partial charge in [-0.15, -0.1) is 0 Å². The molecule has 0 heterocycles. The third-order valence-corrected chi connectivity index (χ3v) is 4.10. The number of nitrogens with zero attached hydrogens (tertiary/aromatic N) is 2. The van der Waals surface area contributed by atoms with Gasteiger partial charge in [0.15, 0.2) is 0 Å². The summed E-state index contributed by atoms with van der Waals surface area (Å²) in [7, 11) is 0. The summed E-state index contributed by atoms with van der Waals surface area (Å²) in [6.07, 6.45) is -5.28. The Labute approximate surface area is 183 Å². The van der Waals surface area contributed by atoms with Crippen molar-refractivity contribution in [1.82, 2.24) is 20.8 Å². The van der Waals surface area contributed by atoms with E-state index in [1.807, 2.05) is 0 Å². The normalized spacial score (nSPS) is 12.4. The van der Waals surface area contributed by atoms with Crippen LogP contribution in [0.4, 0.5) is 8.78 Å². The van der Waals surface area contributed by atoms with Crippen molar-refractivity contribution in [1.29, 1.82) is 0 Å². The second-order valence-electron chi connectivity index (χ2n) is 6.94. The Bertz CT molecular complexity index is 652. The number of hydroxylamine groups is 4. The van der Waals surface area contributed by atoms with Crippen LogP contribution in [0.1, 0.15) is 45.4 Å². The van der Waals surface area contributed by atoms with E-state index >= 15 is 0 Å². The fourth-order valence-corrected chi connectivity index (χ4v) is 2.24. The van der Waals surface area contributed by atoms with Crippen molar-refractivity contribution in [2.24, 2.45) is 0 Å². The van der Waals surface area contributed by atoms with Crippen LogP contribution in [-0.2, 0) is 24.0 Å². The number of alkyl halides is 2. The predicted molar refractivity (Wildman–Crippen MR) is 104 cm³/mol. The highest BCUT2D eigenvalue weighted by Crippen LogP contribution is 2.04. The number of halogens is 2. The molecule has 0 rings (SSSR count). The summed E-state index contributed by atoms with van der Waals surface area (Å²) in [5.41, 5.74) is 0. The average Bonchev–Trinajstić information content (AvgIpc) is 2.74. The van der Waals surface area contributed by atoms with Crippen LogP contribution in [0.5, 0.6) is 0 Å². The van der Waals surface area contributed by atoms with Gasteiger partial charge in [-0.25, -0.2) is 18.9 Å². The van der Waals surface area contributed by atoms with Crippen molar-refractivity contribution in [3.63, 3.8) is 0 Å². The number of carbonyl (C=O) groups is 5. The fraction of sp³-hybridized carbons (Fsp3) is 0.722. The number of carboxylic acid groups (broad SMARTS) is 1. The van der Waals surface area contributed by atoms with Crippen LogP contribution < -0.4 is 10.6 Å². The summed E-state index contributed by atoms with van der Waals surface area (Å²) in [6.45, 7) is -0.214. The minimum atomic E-state index is -1.61. The monoisotopic (exact) mass is 468 g/mol. The molecule has 184 valence electrons. The van der Waals surface area contributed by atoms with E-state index in [0.717, 1.165) is 0 Å². The van der Waals surface area contributed by atoms with Gasteiger partial charge in [0.2, 0.25) is 23.6 Å². The van der Waals surface area contributed by atoms with Crippen molar-refractivity contribution in [3.05, 3.63) is 0 Å². The van der Waals surface area contributed by atoms with E-state index < -0.39 is 74.3 Å². The Kier molecular flexibility index (Phi) is 14.4. The average molecular weight is 468 g/mol. The molecule has 2 unspecified atom stereocenters. The Hall–Kier alpha value is -2.87. The molecule has 0 aliphatic carbocycles. The lowest BCUT2D eigenvalue weighted by Gasteiger charge is -2.17. The molecule has 0 saturated heterocycles. The van der Waals surface area contributed by atoms with Crippen molar-refractivity contribution in [2.45, 2.75) is 57.8 Å². The van der Waals surface area contributed by atoms with Gasteiger partial charge in [0.25, 0.3) is 0 Å². The Balaban J connectivity index is 4.02.